The molecule has 2 aromatic carbocycles. The molecule has 0 radical (unpaired) electrons. The van der Waals surface area contributed by atoms with Gasteiger partial charge in [0.2, 0.25) is 5.95 Å². The number of aromatic nitrogens is 2. The highest BCUT2D eigenvalue weighted by atomic mass is 35.5. The van der Waals surface area contributed by atoms with Gasteiger partial charge in [0.15, 0.2) is 0 Å². The molecule has 8 nitrogen and oxygen atoms in total. The summed E-state index contributed by atoms with van der Waals surface area (Å²) in [4.78, 5) is 18.5. The largest absolute Gasteiger partial charge is 0.506 e. The molecule has 0 aliphatic rings. The number of nitrogens with one attached hydrogen (secondary N) is 1. The van der Waals surface area contributed by atoms with E-state index in [0.717, 1.165) is 5.56 Å². The Kier molecular flexibility index (Phi) is 5.49. The fourth-order valence-electron chi connectivity index (χ4n) is 2.15. The Morgan fingerprint density at radius 2 is 1.78 bits per heavy atom. The van der Waals surface area contributed by atoms with Gasteiger partial charge in [0.25, 0.3) is 5.69 Å². The van der Waals surface area contributed by atoms with E-state index in [-0.39, 0.29) is 22.4 Å². The van der Waals surface area contributed by atoms with Crippen molar-refractivity contribution in [3.63, 3.8) is 0 Å². The van der Waals surface area contributed by atoms with Crippen LogP contribution in [0.15, 0.2) is 53.9 Å². The van der Waals surface area contributed by atoms with Gasteiger partial charge in [-0.15, -0.1) is 0 Å². The van der Waals surface area contributed by atoms with Crippen LogP contribution >= 0.6 is 23.2 Å². The maximum absolute atomic E-state index is 10.7. The minimum Gasteiger partial charge on any atom is -0.506 e. The second-order valence-corrected chi connectivity index (χ2v) is 6.14. The number of hydrogen-bond acceptors (Lipinski definition) is 7. The Hall–Kier alpha value is -3.23. The van der Waals surface area contributed by atoms with E-state index in [2.05, 4.69) is 20.5 Å². The fourth-order valence-corrected chi connectivity index (χ4v) is 2.66. The number of hydrogen-bond donors (Lipinski definition) is 2. The van der Waals surface area contributed by atoms with Crippen molar-refractivity contribution in [1.82, 2.24) is 9.97 Å². The van der Waals surface area contributed by atoms with Crippen LogP contribution in [0.4, 0.5) is 11.6 Å². The van der Waals surface area contributed by atoms with Crippen molar-refractivity contribution < 1.29 is 10.0 Å². The SMILES string of the molecule is O=[N+]([O-])c1ccc(-c2cnc(N/N=C/c3cc(Cl)cc(Cl)c3O)nc2)cc1. The van der Waals surface area contributed by atoms with Gasteiger partial charge in [-0.3, -0.25) is 10.1 Å². The van der Waals surface area contributed by atoms with Crippen LogP contribution in [0.5, 0.6) is 5.75 Å². The third-order valence-electron chi connectivity index (χ3n) is 3.49. The van der Waals surface area contributed by atoms with Crippen LogP contribution in [0, 0.1) is 10.1 Å². The molecule has 0 spiro atoms. The van der Waals surface area contributed by atoms with Gasteiger partial charge in [-0.2, -0.15) is 5.10 Å². The van der Waals surface area contributed by atoms with Crippen molar-refractivity contribution in [3.05, 3.63) is 74.5 Å². The molecule has 27 heavy (non-hydrogen) atoms. The van der Waals surface area contributed by atoms with E-state index in [1.807, 2.05) is 0 Å². The Labute approximate surface area is 163 Å². The summed E-state index contributed by atoms with van der Waals surface area (Å²) >= 11 is 11.7. The lowest BCUT2D eigenvalue weighted by atomic mass is 10.1. The molecule has 0 unspecified atom stereocenters. The normalized spacial score (nSPS) is 10.9. The zero-order chi connectivity index (χ0) is 19.4. The minimum absolute atomic E-state index is 0.0108. The van der Waals surface area contributed by atoms with Crippen LogP contribution in [0.2, 0.25) is 10.0 Å². The summed E-state index contributed by atoms with van der Waals surface area (Å²) in [5.41, 5.74) is 4.41. The first-order valence-electron chi connectivity index (χ1n) is 7.48. The number of nitrogens with zero attached hydrogens (tertiary/aromatic N) is 4. The van der Waals surface area contributed by atoms with Crippen molar-refractivity contribution in [2.24, 2.45) is 5.10 Å². The average Bonchev–Trinajstić information content (AvgIpc) is 2.66. The molecule has 136 valence electrons. The summed E-state index contributed by atoms with van der Waals surface area (Å²) in [7, 11) is 0. The molecule has 0 aliphatic heterocycles. The first kappa shape index (κ1) is 18.6. The standard InChI is InChI=1S/C17H11Cl2N5O3/c18-13-5-11(16(25)15(19)6-13)9-22-23-17-20-7-12(8-21-17)10-1-3-14(4-2-10)24(26)27/h1-9,25H,(H,20,21,23)/b22-9+. The molecule has 0 saturated heterocycles. The zero-order valence-corrected chi connectivity index (χ0v) is 15.0. The van der Waals surface area contributed by atoms with Gasteiger partial charge in [0.1, 0.15) is 5.75 Å². The van der Waals surface area contributed by atoms with Crippen LogP contribution in [-0.2, 0) is 0 Å². The second kappa shape index (κ2) is 7.98. The monoisotopic (exact) mass is 403 g/mol. The van der Waals surface area contributed by atoms with Crippen molar-refractivity contribution in [1.29, 1.82) is 0 Å². The van der Waals surface area contributed by atoms with E-state index in [1.165, 1.54) is 30.5 Å². The van der Waals surface area contributed by atoms with Gasteiger partial charge in [-0.05, 0) is 29.8 Å². The van der Waals surface area contributed by atoms with E-state index in [4.69, 9.17) is 23.2 Å². The van der Waals surface area contributed by atoms with Gasteiger partial charge in [-0.25, -0.2) is 15.4 Å². The fraction of sp³-hybridized carbons (Fsp3) is 0. The number of rotatable bonds is 5. The van der Waals surface area contributed by atoms with E-state index >= 15 is 0 Å². The lowest BCUT2D eigenvalue weighted by Gasteiger charge is -2.04. The lowest BCUT2D eigenvalue weighted by Crippen LogP contribution is -1.97. The zero-order valence-electron chi connectivity index (χ0n) is 13.5. The Morgan fingerprint density at radius 3 is 2.41 bits per heavy atom. The molecule has 0 bridgehead atoms. The van der Waals surface area contributed by atoms with Crippen molar-refractivity contribution >= 4 is 41.1 Å². The third-order valence-corrected chi connectivity index (χ3v) is 4.00. The number of hydrazone groups is 1. The highest BCUT2D eigenvalue weighted by Crippen LogP contribution is 2.30. The predicted molar refractivity (Wildman–Crippen MR) is 103 cm³/mol. The van der Waals surface area contributed by atoms with Crippen LogP contribution in [0.1, 0.15) is 5.56 Å². The quantitative estimate of drug-likeness (QED) is 0.368. The molecule has 3 rings (SSSR count). The van der Waals surface area contributed by atoms with Crippen LogP contribution in [-0.4, -0.2) is 26.2 Å². The third kappa shape index (κ3) is 4.49. The number of anilines is 1. The first-order valence-corrected chi connectivity index (χ1v) is 8.23. The maximum atomic E-state index is 10.7. The Morgan fingerprint density at radius 1 is 1.11 bits per heavy atom. The number of nitro groups is 1. The molecule has 0 fully saturated rings. The average molecular weight is 404 g/mol. The van der Waals surface area contributed by atoms with Gasteiger partial charge in [-0.1, -0.05) is 23.2 Å². The summed E-state index contributed by atoms with van der Waals surface area (Å²) < 4.78 is 0. The number of non-ortho nitro benzene ring substituents is 1. The van der Waals surface area contributed by atoms with Gasteiger partial charge < -0.3 is 5.11 Å². The summed E-state index contributed by atoms with van der Waals surface area (Å²) in [5, 5.41) is 25.0. The van der Waals surface area contributed by atoms with E-state index in [9.17, 15) is 15.2 Å². The topological polar surface area (TPSA) is 114 Å². The van der Waals surface area contributed by atoms with Crippen LogP contribution in [0.25, 0.3) is 11.1 Å². The van der Waals surface area contributed by atoms with Gasteiger partial charge in [0.05, 0.1) is 16.2 Å². The summed E-state index contributed by atoms with van der Waals surface area (Å²) in [6.07, 6.45) is 4.44. The van der Waals surface area contributed by atoms with Gasteiger partial charge in [0, 0.05) is 40.7 Å². The smallest absolute Gasteiger partial charge is 0.269 e. The van der Waals surface area contributed by atoms with Crippen molar-refractivity contribution in [2.75, 3.05) is 5.43 Å². The highest BCUT2D eigenvalue weighted by molar-refractivity contribution is 6.36. The molecular formula is C17H11Cl2N5O3. The Bertz CT molecular complexity index is 1010. The van der Waals surface area contributed by atoms with Crippen LogP contribution < -0.4 is 5.43 Å². The molecule has 1 heterocycles. The summed E-state index contributed by atoms with van der Waals surface area (Å²) in [5.74, 6) is 0.0885. The molecule has 0 amide bonds. The molecule has 0 atom stereocenters. The highest BCUT2D eigenvalue weighted by Gasteiger charge is 2.07. The van der Waals surface area contributed by atoms with Crippen molar-refractivity contribution in [3.8, 4) is 16.9 Å². The summed E-state index contributed by atoms with van der Waals surface area (Å²) in [6.45, 7) is 0. The molecule has 2 N–H and O–H groups in total. The number of phenols is 1. The Balaban J connectivity index is 1.70. The molecule has 0 saturated carbocycles. The molecule has 1 aromatic heterocycles. The lowest BCUT2D eigenvalue weighted by molar-refractivity contribution is -0.384. The van der Waals surface area contributed by atoms with Crippen LogP contribution in [0.3, 0.4) is 0 Å². The first-order chi connectivity index (χ1) is 12.9. The number of benzene rings is 2. The molecular weight excluding hydrogens is 393 g/mol. The van der Waals surface area contributed by atoms with E-state index in [1.54, 1.807) is 24.5 Å². The number of aromatic hydroxyl groups is 1. The van der Waals surface area contributed by atoms with E-state index < -0.39 is 4.92 Å². The second-order valence-electron chi connectivity index (χ2n) is 5.29. The number of nitro benzene ring substituents is 1. The summed E-state index contributed by atoms with van der Waals surface area (Å²) in [6, 6.07) is 8.99. The molecule has 0 aliphatic carbocycles. The van der Waals surface area contributed by atoms with E-state index in [0.29, 0.717) is 16.1 Å². The number of phenolic OH excluding ortho intramolecular Hbond substituents is 1. The predicted octanol–water partition coefficient (Wildman–Crippen LogP) is 4.51. The number of halogens is 2. The molecule has 3 aromatic rings. The maximum Gasteiger partial charge on any atom is 0.269 e. The van der Waals surface area contributed by atoms with Gasteiger partial charge >= 0.3 is 0 Å². The minimum atomic E-state index is -0.462. The van der Waals surface area contributed by atoms with Crippen molar-refractivity contribution in [2.45, 2.75) is 0 Å². The molecule has 10 heteroatoms.